The predicted octanol–water partition coefficient (Wildman–Crippen LogP) is 3.62. The number of carbonyl (C=O) groups excluding carboxylic acids is 1. The summed E-state index contributed by atoms with van der Waals surface area (Å²) in [5.41, 5.74) is 3.48. The number of ether oxygens (including phenoxy) is 3. The van der Waals surface area contributed by atoms with Crippen LogP contribution in [0.2, 0.25) is 0 Å². The normalized spacial score (nSPS) is 11.8. The van der Waals surface area contributed by atoms with Gasteiger partial charge in [-0.2, -0.15) is 0 Å². The van der Waals surface area contributed by atoms with Gasteiger partial charge in [0.25, 0.3) is 0 Å². The maximum absolute atomic E-state index is 11.7. The van der Waals surface area contributed by atoms with Gasteiger partial charge in [-0.15, -0.1) is 0 Å². The SMILES string of the molecule is COCCOC(=O)[C@@H](C)Oc1ccc(-c2ccc(C)cc2)cc1. The molecule has 0 aliphatic heterocycles. The summed E-state index contributed by atoms with van der Waals surface area (Å²) in [5, 5.41) is 0. The molecule has 2 aromatic rings. The van der Waals surface area contributed by atoms with Crippen LogP contribution in [-0.4, -0.2) is 32.4 Å². The van der Waals surface area contributed by atoms with Crippen molar-refractivity contribution >= 4 is 5.97 Å². The first-order valence-electron chi connectivity index (χ1n) is 7.59. The quantitative estimate of drug-likeness (QED) is 0.578. The van der Waals surface area contributed by atoms with E-state index in [-0.39, 0.29) is 6.61 Å². The zero-order valence-electron chi connectivity index (χ0n) is 13.7. The summed E-state index contributed by atoms with van der Waals surface area (Å²) in [6, 6.07) is 16.0. The van der Waals surface area contributed by atoms with Gasteiger partial charge in [0, 0.05) is 7.11 Å². The molecule has 0 saturated heterocycles. The molecule has 23 heavy (non-hydrogen) atoms. The molecule has 0 amide bonds. The highest BCUT2D eigenvalue weighted by Crippen LogP contribution is 2.23. The second-order valence-electron chi connectivity index (χ2n) is 5.31. The molecular formula is C19H22O4. The third-order valence-electron chi connectivity index (χ3n) is 3.42. The molecule has 0 radical (unpaired) electrons. The van der Waals surface area contributed by atoms with Crippen molar-refractivity contribution in [3.63, 3.8) is 0 Å². The third-order valence-corrected chi connectivity index (χ3v) is 3.42. The average Bonchev–Trinajstić information content (AvgIpc) is 2.56. The van der Waals surface area contributed by atoms with Crippen LogP contribution in [-0.2, 0) is 14.3 Å². The summed E-state index contributed by atoms with van der Waals surface area (Å²) < 4.78 is 15.5. The van der Waals surface area contributed by atoms with Crippen LogP contribution < -0.4 is 4.74 Å². The Balaban J connectivity index is 1.94. The molecule has 0 aliphatic carbocycles. The van der Waals surface area contributed by atoms with Gasteiger partial charge in [-0.25, -0.2) is 4.79 Å². The van der Waals surface area contributed by atoms with E-state index in [0.717, 1.165) is 11.1 Å². The standard InChI is InChI=1S/C19H22O4/c1-14-4-6-16(7-5-14)17-8-10-18(11-9-17)23-15(2)19(20)22-13-12-21-3/h4-11,15H,12-13H2,1-3H3/t15-/m1/s1. The molecule has 2 rings (SSSR count). The Morgan fingerprint density at radius 2 is 1.52 bits per heavy atom. The molecule has 0 aliphatic rings. The monoisotopic (exact) mass is 314 g/mol. The van der Waals surface area contributed by atoms with Crippen LogP contribution in [0.25, 0.3) is 11.1 Å². The summed E-state index contributed by atoms with van der Waals surface area (Å²) in [6.07, 6.45) is -0.655. The van der Waals surface area contributed by atoms with Crippen molar-refractivity contribution in [2.45, 2.75) is 20.0 Å². The van der Waals surface area contributed by atoms with Gasteiger partial charge in [0.05, 0.1) is 6.61 Å². The van der Waals surface area contributed by atoms with Crippen LogP contribution in [0, 0.1) is 6.92 Å². The van der Waals surface area contributed by atoms with Crippen LogP contribution in [0.5, 0.6) is 5.75 Å². The molecule has 2 aromatic carbocycles. The Hall–Kier alpha value is -2.33. The molecule has 0 unspecified atom stereocenters. The van der Waals surface area contributed by atoms with E-state index >= 15 is 0 Å². The lowest BCUT2D eigenvalue weighted by atomic mass is 10.0. The fourth-order valence-corrected chi connectivity index (χ4v) is 2.07. The van der Waals surface area contributed by atoms with Crippen LogP contribution in [0.3, 0.4) is 0 Å². The number of rotatable bonds is 7. The summed E-state index contributed by atoms with van der Waals surface area (Å²) >= 11 is 0. The Bertz CT molecular complexity index is 617. The molecule has 0 bridgehead atoms. The van der Waals surface area contributed by atoms with Crippen molar-refractivity contribution in [1.82, 2.24) is 0 Å². The van der Waals surface area contributed by atoms with Crippen molar-refractivity contribution in [3.8, 4) is 16.9 Å². The lowest BCUT2D eigenvalue weighted by Crippen LogP contribution is -2.27. The van der Waals surface area contributed by atoms with Crippen molar-refractivity contribution < 1.29 is 19.0 Å². The number of hydrogen-bond donors (Lipinski definition) is 0. The van der Waals surface area contributed by atoms with Crippen LogP contribution in [0.4, 0.5) is 0 Å². The van der Waals surface area contributed by atoms with E-state index in [1.165, 1.54) is 5.56 Å². The lowest BCUT2D eigenvalue weighted by molar-refractivity contribution is -0.152. The molecule has 0 fully saturated rings. The Kier molecular flexibility index (Phi) is 6.18. The third kappa shape index (κ3) is 5.11. The van der Waals surface area contributed by atoms with Crippen molar-refractivity contribution in [3.05, 3.63) is 54.1 Å². The predicted molar refractivity (Wildman–Crippen MR) is 89.5 cm³/mol. The highest BCUT2D eigenvalue weighted by molar-refractivity contribution is 5.74. The first-order valence-corrected chi connectivity index (χ1v) is 7.59. The second-order valence-corrected chi connectivity index (χ2v) is 5.31. The average molecular weight is 314 g/mol. The fraction of sp³-hybridized carbons (Fsp3) is 0.316. The fourth-order valence-electron chi connectivity index (χ4n) is 2.07. The molecular weight excluding hydrogens is 292 g/mol. The van der Waals surface area contributed by atoms with Gasteiger partial charge in [0.15, 0.2) is 6.10 Å². The zero-order valence-corrected chi connectivity index (χ0v) is 13.7. The summed E-state index contributed by atoms with van der Waals surface area (Å²) in [4.78, 5) is 11.7. The molecule has 0 aromatic heterocycles. The number of hydrogen-bond acceptors (Lipinski definition) is 4. The summed E-state index contributed by atoms with van der Waals surface area (Å²) in [6.45, 7) is 4.34. The number of aryl methyl sites for hydroxylation is 1. The number of benzene rings is 2. The Morgan fingerprint density at radius 3 is 2.09 bits per heavy atom. The largest absolute Gasteiger partial charge is 0.479 e. The van der Waals surface area contributed by atoms with Crippen LogP contribution >= 0.6 is 0 Å². The van der Waals surface area contributed by atoms with Crippen molar-refractivity contribution in [2.75, 3.05) is 20.3 Å². The minimum Gasteiger partial charge on any atom is -0.479 e. The molecule has 0 saturated carbocycles. The van der Waals surface area contributed by atoms with Crippen LogP contribution in [0.1, 0.15) is 12.5 Å². The van der Waals surface area contributed by atoms with Gasteiger partial charge in [0.1, 0.15) is 12.4 Å². The van der Waals surface area contributed by atoms with Gasteiger partial charge in [-0.05, 0) is 37.1 Å². The van der Waals surface area contributed by atoms with Crippen LogP contribution in [0.15, 0.2) is 48.5 Å². The zero-order chi connectivity index (χ0) is 16.7. The van der Waals surface area contributed by atoms with Gasteiger partial charge < -0.3 is 14.2 Å². The summed E-state index contributed by atoms with van der Waals surface area (Å²) in [7, 11) is 1.56. The van der Waals surface area contributed by atoms with E-state index in [9.17, 15) is 4.79 Å². The van der Waals surface area contributed by atoms with Crippen molar-refractivity contribution in [2.24, 2.45) is 0 Å². The van der Waals surface area contributed by atoms with E-state index in [1.807, 2.05) is 24.3 Å². The highest BCUT2D eigenvalue weighted by Gasteiger charge is 2.16. The van der Waals surface area contributed by atoms with E-state index in [0.29, 0.717) is 12.4 Å². The molecule has 0 heterocycles. The molecule has 4 nitrogen and oxygen atoms in total. The molecule has 4 heteroatoms. The minimum absolute atomic E-state index is 0.232. The molecule has 0 spiro atoms. The lowest BCUT2D eigenvalue weighted by Gasteiger charge is -2.14. The smallest absolute Gasteiger partial charge is 0.347 e. The maximum Gasteiger partial charge on any atom is 0.347 e. The first-order chi connectivity index (χ1) is 11.1. The van der Waals surface area contributed by atoms with E-state index in [1.54, 1.807) is 14.0 Å². The molecule has 0 N–H and O–H groups in total. The molecule has 122 valence electrons. The van der Waals surface area contributed by atoms with E-state index in [4.69, 9.17) is 14.2 Å². The number of methoxy groups -OCH3 is 1. The number of esters is 1. The minimum atomic E-state index is -0.655. The van der Waals surface area contributed by atoms with E-state index < -0.39 is 12.1 Å². The Labute approximate surface area is 137 Å². The number of carbonyl (C=O) groups is 1. The van der Waals surface area contributed by atoms with E-state index in [2.05, 4.69) is 31.2 Å². The van der Waals surface area contributed by atoms with Gasteiger partial charge in [-0.3, -0.25) is 0 Å². The van der Waals surface area contributed by atoms with Gasteiger partial charge >= 0.3 is 5.97 Å². The maximum atomic E-state index is 11.7. The highest BCUT2D eigenvalue weighted by atomic mass is 16.6. The Morgan fingerprint density at radius 1 is 0.957 bits per heavy atom. The first kappa shape index (κ1) is 17.0. The second kappa shape index (κ2) is 8.34. The summed E-state index contributed by atoms with van der Waals surface area (Å²) in [5.74, 6) is 0.238. The molecule has 1 atom stereocenters. The van der Waals surface area contributed by atoms with Crippen molar-refractivity contribution in [1.29, 1.82) is 0 Å². The topological polar surface area (TPSA) is 44.8 Å². The van der Waals surface area contributed by atoms with Gasteiger partial charge in [-0.1, -0.05) is 42.0 Å². The van der Waals surface area contributed by atoms with Gasteiger partial charge in [0.2, 0.25) is 0 Å².